The first-order chi connectivity index (χ1) is 9.40. The van der Waals surface area contributed by atoms with Gasteiger partial charge in [0, 0.05) is 12.2 Å². The fraction of sp³-hybridized carbons (Fsp3) is 0.294. The van der Waals surface area contributed by atoms with Crippen LogP contribution in [0.15, 0.2) is 54.6 Å². The van der Waals surface area contributed by atoms with Gasteiger partial charge in [-0.05, 0) is 48.7 Å². The van der Waals surface area contributed by atoms with E-state index in [0.29, 0.717) is 0 Å². The lowest BCUT2D eigenvalue weighted by molar-refractivity contribution is 0.483. The first-order valence-electron chi connectivity index (χ1n) is 6.97. The molecular formula is C17H19NO. The zero-order chi connectivity index (χ0) is 12.9. The van der Waals surface area contributed by atoms with E-state index in [1.807, 2.05) is 42.5 Å². The van der Waals surface area contributed by atoms with Crippen LogP contribution < -0.4 is 10.1 Å². The molecule has 0 aromatic heterocycles. The monoisotopic (exact) mass is 253 g/mol. The smallest absolute Gasteiger partial charge is 0.127 e. The third-order valence-electron chi connectivity index (χ3n) is 3.41. The van der Waals surface area contributed by atoms with Crippen LogP contribution in [-0.4, -0.2) is 6.54 Å². The van der Waals surface area contributed by atoms with Crippen LogP contribution in [0, 0.1) is 5.92 Å². The standard InChI is InChI=1S/C17H19NO/c1-2-4-16(5-3-1)19-17-10-8-15(9-11-17)18-13-12-14-6-7-14/h1-5,8-11,14,18H,6-7,12-13H2. The Morgan fingerprint density at radius 3 is 2.26 bits per heavy atom. The molecule has 1 N–H and O–H groups in total. The summed E-state index contributed by atoms with van der Waals surface area (Å²) in [5.74, 6) is 2.73. The van der Waals surface area contributed by atoms with Crippen LogP contribution in [0.25, 0.3) is 0 Å². The second-order valence-corrected chi connectivity index (χ2v) is 5.10. The lowest BCUT2D eigenvalue weighted by Crippen LogP contribution is -2.01. The number of benzene rings is 2. The first-order valence-corrected chi connectivity index (χ1v) is 6.97. The summed E-state index contributed by atoms with van der Waals surface area (Å²) in [4.78, 5) is 0. The second-order valence-electron chi connectivity index (χ2n) is 5.10. The van der Waals surface area contributed by atoms with Gasteiger partial charge in [0.25, 0.3) is 0 Å². The molecule has 1 fully saturated rings. The first kappa shape index (κ1) is 12.1. The van der Waals surface area contributed by atoms with E-state index in [1.165, 1.54) is 24.9 Å². The molecule has 1 aliphatic rings. The van der Waals surface area contributed by atoms with Gasteiger partial charge >= 0.3 is 0 Å². The van der Waals surface area contributed by atoms with Crippen molar-refractivity contribution in [2.24, 2.45) is 5.92 Å². The normalized spacial score (nSPS) is 14.1. The SMILES string of the molecule is c1ccc(Oc2ccc(NCCC3CC3)cc2)cc1. The Labute approximate surface area is 114 Å². The number of hydrogen-bond donors (Lipinski definition) is 1. The minimum absolute atomic E-state index is 0.872. The van der Waals surface area contributed by atoms with E-state index in [-0.39, 0.29) is 0 Å². The van der Waals surface area contributed by atoms with Crippen molar-refractivity contribution in [2.75, 3.05) is 11.9 Å². The molecule has 19 heavy (non-hydrogen) atoms. The second kappa shape index (κ2) is 5.79. The average molecular weight is 253 g/mol. The predicted molar refractivity (Wildman–Crippen MR) is 78.8 cm³/mol. The molecule has 1 aliphatic carbocycles. The van der Waals surface area contributed by atoms with Gasteiger partial charge in [-0.3, -0.25) is 0 Å². The summed E-state index contributed by atoms with van der Waals surface area (Å²) in [6.45, 7) is 1.07. The molecular weight excluding hydrogens is 234 g/mol. The highest BCUT2D eigenvalue weighted by atomic mass is 16.5. The van der Waals surface area contributed by atoms with Gasteiger partial charge in [-0.25, -0.2) is 0 Å². The summed E-state index contributed by atoms with van der Waals surface area (Å²) in [5, 5.41) is 3.45. The zero-order valence-corrected chi connectivity index (χ0v) is 11.0. The van der Waals surface area contributed by atoms with Crippen LogP contribution in [0.3, 0.4) is 0 Å². The van der Waals surface area contributed by atoms with Crippen molar-refractivity contribution in [3.05, 3.63) is 54.6 Å². The fourth-order valence-corrected chi connectivity index (χ4v) is 2.09. The largest absolute Gasteiger partial charge is 0.457 e. The molecule has 0 aliphatic heterocycles. The Bertz CT molecular complexity index is 503. The topological polar surface area (TPSA) is 21.3 Å². The number of ether oxygens (including phenoxy) is 1. The number of hydrogen-bond acceptors (Lipinski definition) is 2. The summed E-state index contributed by atoms with van der Waals surface area (Å²) in [5.41, 5.74) is 1.17. The lowest BCUT2D eigenvalue weighted by atomic mass is 10.2. The molecule has 0 radical (unpaired) electrons. The minimum atomic E-state index is 0.872. The number of rotatable bonds is 6. The maximum absolute atomic E-state index is 5.76. The van der Waals surface area contributed by atoms with Crippen LogP contribution in [-0.2, 0) is 0 Å². The minimum Gasteiger partial charge on any atom is -0.457 e. The van der Waals surface area contributed by atoms with Crippen molar-refractivity contribution in [2.45, 2.75) is 19.3 Å². The summed E-state index contributed by atoms with van der Waals surface area (Å²) < 4.78 is 5.76. The Hall–Kier alpha value is -1.96. The summed E-state index contributed by atoms with van der Waals surface area (Å²) in [7, 11) is 0. The van der Waals surface area contributed by atoms with E-state index in [9.17, 15) is 0 Å². The van der Waals surface area contributed by atoms with Crippen LogP contribution in [0.4, 0.5) is 5.69 Å². The van der Waals surface area contributed by atoms with Gasteiger partial charge in [0.1, 0.15) is 11.5 Å². The van der Waals surface area contributed by atoms with Crippen LogP contribution in [0.5, 0.6) is 11.5 Å². The predicted octanol–water partition coefficient (Wildman–Crippen LogP) is 4.69. The fourth-order valence-electron chi connectivity index (χ4n) is 2.09. The van der Waals surface area contributed by atoms with Crippen molar-refractivity contribution in [1.82, 2.24) is 0 Å². The van der Waals surface area contributed by atoms with Crippen LogP contribution in [0.2, 0.25) is 0 Å². The van der Waals surface area contributed by atoms with Crippen molar-refractivity contribution in [3.8, 4) is 11.5 Å². The van der Waals surface area contributed by atoms with Gasteiger partial charge < -0.3 is 10.1 Å². The van der Waals surface area contributed by atoms with Crippen molar-refractivity contribution in [3.63, 3.8) is 0 Å². The third-order valence-corrected chi connectivity index (χ3v) is 3.41. The van der Waals surface area contributed by atoms with E-state index in [0.717, 1.165) is 24.0 Å². The van der Waals surface area contributed by atoms with E-state index in [2.05, 4.69) is 17.4 Å². The Kier molecular flexibility index (Phi) is 3.68. The summed E-state index contributed by atoms with van der Waals surface area (Å²) in [6.07, 6.45) is 4.14. The molecule has 0 unspecified atom stereocenters. The Morgan fingerprint density at radius 2 is 1.58 bits per heavy atom. The number of nitrogens with one attached hydrogen (secondary N) is 1. The zero-order valence-electron chi connectivity index (χ0n) is 11.0. The maximum Gasteiger partial charge on any atom is 0.127 e. The lowest BCUT2D eigenvalue weighted by Gasteiger charge is -2.08. The van der Waals surface area contributed by atoms with Gasteiger partial charge in [0.05, 0.1) is 0 Å². The van der Waals surface area contributed by atoms with Crippen LogP contribution >= 0.6 is 0 Å². The molecule has 0 heterocycles. The molecule has 0 spiro atoms. The van der Waals surface area contributed by atoms with E-state index < -0.39 is 0 Å². The third kappa shape index (κ3) is 3.75. The maximum atomic E-state index is 5.76. The molecule has 1 saturated carbocycles. The molecule has 3 rings (SSSR count). The number of para-hydroxylation sites is 1. The molecule has 0 saturated heterocycles. The van der Waals surface area contributed by atoms with Gasteiger partial charge in [0.15, 0.2) is 0 Å². The molecule has 98 valence electrons. The van der Waals surface area contributed by atoms with Gasteiger partial charge in [-0.1, -0.05) is 31.0 Å². The summed E-state index contributed by atoms with van der Waals surface area (Å²) in [6, 6.07) is 18.0. The number of anilines is 1. The molecule has 2 aromatic carbocycles. The highest BCUT2D eigenvalue weighted by Gasteiger charge is 2.19. The van der Waals surface area contributed by atoms with Gasteiger partial charge in [0.2, 0.25) is 0 Å². The Balaban J connectivity index is 1.52. The highest BCUT2D eigenvalue weighted by Crippen LogP contribution is 2.32. The molecule has 2 nitrogen and oxygen atoms in total. The van der Waals surface area contributed by atoms with E-state index in [1.54, 1.807) is 0 Å². The summed E-state index contributed by atoms with van der Waals surface area (Å²) >= 11 is 0. The average Bonchev–Trinajstić information content (AvgIpc) is 3.26. The van der Waals surface area contributed by atoms with Gasteiger partial charge in [-0.15, -0.1) is 0 Å². The van der Waals surface area contributed by atoms with Gasteiger partial charge in [-0.2, -0.15) is 0 Å². The molecule has 0 atom stereocenters. The van der Waals surface area contributed by atoms with Crippen LogP contribution in [0.1, 0.15) is 19.3 Å². The highest BCUT2D eigenvalue weighted by molar-refractivity contribution is 5.47. The quantitative estimate of drug-likeness (QED) is 0.806. The van der Waals surface area contributed by atoms with Crippen molar-refractivity contribution >= 4 is 5.69 Å². The molecule has 2 heteroatoms. The molecule has 2 aromatic rings. The van der Waals surface area contributed by atoms with E-state index >= 15 is 0 Å². The molecule has 0 amide bonds. The Morgan fingerprint density at radius 1 is 0.895 bits per heavy atom. The van der Waals surface area contributed by atoms with E-state index in [4.69, 9.17) is 4.74 Å². The van der Waals surface area contributed by atoms with Crippen molar-refractivity contribution < 1.29 is 4.74 Å². The van der Waals surface area contributed by atoms with Crippen molar-refractivity contribution in [1.29, 1.82) is 0 Å². The molecule has 0 bridgehead atoms.